The fourth-order valence-corrected chi connectivity index (χ4v) is 5.80. The van der Waals surface area contributed by atoms with Crippen LogP contribution in [0.3, 0.4) is 0 Å². The van der Waals surface area contributed by atoms with E-state index in [1.54, 1.807) is 48.5 Å². The Labute approximate surface area is 225 Å². The molecule has 0 saturated carbocycles. The lowest BCUT2D eigenvalue weighted by atomic mass is 9.72. The summed E-state index contributed by atoms with van der Waals surface area (Å²) >= 11 is 9.37. The number of allylic oxidation sites excluding steroid dienone is 6. The van der Waals surface area contributed by atoms with E-state index < -0.39 is 17.6 Å². The quantitative estimate of drug-likeness (QED) is 0.332. The molecular weight excluding hydrogens is 567 g/mol. The van der Waals surface area contributed by atoms with Crippen molar-refractivity contribution in [2.75, 3.05) is 0 Å². The van der Waals surface area contributed by atoms with Crippen LogP contribution in [0.2, 0.25) is 5.02 Å². The number of aromatic carboxylic acids is 1. The van der Waals surface area contributed by atoms with Gasteiger partial charge in [-0.3, -0.25) is 0 Å². The molecule has 37 heavy (non-hydrogen) atoms. The van der Waals surface area contributed by atoms with Gasteiger partial charge in [0.1, 0.15) is 5.41 Å². The molecule has 2 atom stereocenters. The minimum atomic E-state index is -4.58. The first-order valence-corrected chi connectivity index (χ1v) is 12.9. The number of hydrogen-bond acceptors (Lipinski definition) is 2. The van der Waals surface area contributed by atoms with Gasteiger partial charge in [-0.1, -0.05) is 77.0 Å². The molecular formula is C29H22BrClF3NO2. The zero-order chi connectivity index (χ0) is 26.5. The summed E-state index contributed by atoms with van der Waals surface area (Å²) in [6.45, 7) is 1.92. The standard InChI is InChI=1S/C29H22BrClF3NO2/c1-16-11-19(26-23(12-16)25(27(36)37)22-9-6-20(30)13-24(22)35-26)15-28(29(32,33)34)10-2-3-18(14-28)17-4-7-21(31)8-5-17/h2-10,13,15-16H,11-12,14H2,1H3,(H,36,37)/b19-15+. The third-order valence-electron chi connectivity index (χ3n) is 7.04. The van der Waals surface area contributed by atoms with Gasteiger partial charge in [-0.15, -0.1) is 0 Å². The molecule has 0 bridgehead atoms. The van der Waals surface area contributed by atoms with Crippen molar-refractivity contribution in [2.24, 2.45) is 11.3 Å². The van der Waals surface area contributed by atoms with Gasteiger partial charge in [-0.2, -0.15) is 13.2 Å². The molecule has 0 spiro atoms. The molecule has 3 aromatic rings. The highest BCUT2D eigenvalue weighted by molar-refractivity contribution is 9.10. The van der Waals surface area contributed by atoms with E-state index >= 15 is 0 Å². The summed E-state index contributed by atoms with van der Waals surface area (Å²) in [4.78, 5) is 17.1. The SMILES string of the molecule is CC1C/C(=C\C2(C(F)(F)F)C=CC=C(c3ccc(Cl)cc3)C2)c2nc3cc(Br)ccc3c(C(=O)O)c2C1. The molecule has 2 aromatic carbocycles. The van der Waals surface area contributed by atoms with Crippen LogP contribution in [0, 0.1) is 11.3 Å². The van der Waals surface area contributed by atoms with E-state index in [4.69, 9.17) is 16.6 Å². The Morgan fingerprint density at radius 1 is 1.19 bits per heavy atom. The fraction of sp³-hybridized carbons (Fsp3) is 0.241. The van der Waals surface area contributed by atoms with E-state index in [9.17, 15) is 23.1 Å². The Morgan fingerprint density at radius 2 is 1.92 bits per heavy atom. The van der Waals surface area contributed by atoms with Gasteiger partial charge in [0.05, 0.1) is 16.8 Å². The third kappa shape index (κ3) is 4.75. The second kappa shape index (κ2) is 9.44. The van der Waals surface area contributed by atoms with Gasteiger partial charge in [0.2, 0.25) is 0 Å². The summed E-state index contributed by atoms with van der Waals surface area (Å²) in [7, 11) is 0. The summed E-state index contributed by atoms with van der Waals surface area (Å²) < 4.78 is 45.2. The van der Waals surface area contributed by atoms with E-state index in [2.05, 4.69) is 15.9 Å². The molecule has 5 rings (SSSR count). The lowest BCUT2D eigenvalue weighted by molar-refractivity contribution is -0.187. The molecule has 1 N–H and O–H groups in total. The number of halogens is 5. The molecule has 190 valence electrons. The average Bonchev–Trinajstić information content (AvgIpc) is 2.82. The zero-order valence-electron chi connectivity index (χ0n) is 19.7. The molecule has 3 nitrogen and oxygen atoms in total. The highest BCUT2D eigenvalue weighted by Crippen LogP contribution is 2.52. The van der Waals surface area contributed by atoms with Crippen molar-refractivity contribution in [3.63, 3.8) is 0 Å². The second-order valence-electron chi connectivity index (χ2n) is 9.74. The van der Waals surface area contributed by atoms with Crippen LogP contribution in [0.1, 0.15) is 46.9 Å². The van der Waals surface area contributed by atoms with Crippen LogP contribution in [0.25, 0.3) is 22.0 Å². The number of carboxylic acid groups (broad SMARTS) is 1. The highest BCUT2D eigenvalue weighted by atomic mass is 79.9. The summed E-state index contributed by atoms with van der Waals surface area (Å²) in [5.74, 6) is -1.16. The molecule has 0 aliphatic heterocycles. The molecule has 1 heterocycles. The minimum absolute atomic E-state index is 0.0457. The molecule has 0 saturated heterocycles. The minimum Gasteiger partial charge on any atom is -0.478 e. The smallest absolute Gasteiger partial charge is 0.401 e. The fourth-order valence-electron chi connectivity index (χ4n) is 5.32. The van der Waals surface area contributed by atoms with E-state index in [-0.39, 0.29) is 17.9 Å². The van der Waals surface area contributed by atoms with Crippen molar-refractivity contribution >= 4 is 55.5 Å². The van der Waals surface area contributed by atoms with Crippen LogP contribution in [-0.2, 0) is 6.42 Å². The predicted octanol–water partition coefficient (Wildman–Crippen LogP) is 8.91. The first-order chi connectivity index (χ1) is 17.5. The van der Waals surface area contributed by atoms with Crippen LogP contribution in [0.5, 0.6) is 0 Å². The Bertz CT molecular complexity index is 1510. The van der Waals surface area contributed by atoms with Crippen molar-refractivity contribution in [1.29, 1.82) is 0 Å². The van der Waals surface area contributed by atoms with Crippen LogP contribution in [0.15, 0.2) is 71.2 Å². The van der Waals surface area contributed by atoms with Crippen molar-refractivity contribution in [3.05, 3.63) is 98.6 Å². The number of benzene rings is 2. The van der Waals surface area contributed by atoms with Gasteiger partial charge < -0.3 is 5.11 Å². The summed E-state index contributed by atoms with van der Waals surface area (Å²) in [6.07, 6.45) is 1.51. The zero-order valence-corrected chi connectivity index (χ0v) is 22.1. The highest BCUT2D eigenvalue weighted by Gasteiger charge is 2.53. The molecule has 8 heteroatoms. The summed E-state index contributed by atoms with van der Waals surface area (Å²) in [5, 5.41) is 11.1. The molecule has 2 aliphatic rings. The van der Waals surface area contributed by atoms with Gasteiger partial charge in [0.25, 0.3) is 0 Å². The molecule has 0 amide bonds. The summed E-state index contributed by atoms with van der Waals surface area (Å²) in [6, 6.07) is 11.9. The molecule has 2 aliphatic carbocycles. The number of rotatable bonds is 3. The number of alkyl halides is 3. The van der Waals surface area contributed by atoms with E-state index in [1.807, 2.05) is 6.92 Å². The maximum absolute atomic E-state index is 14.8. The first-order valence-electron chi connectivity index (χ1n) is 11.8. The predicted molar refractivity (Wildman–Crippen MR) is 144 cm³/mol. The number of fused-ring (bicyclic) bond motifs is 2. The largest absolute Gasteiger partial charge is 0.478 e. The van der Waals surface area contributed by atoms with Crippen LogP contribution < -0.4 is 0 Å². The van der Waals surface area contributed by atoms with Gasteiger partial charge in [0, 0.05) is 14.9 Å². The van der Waals surface area contributed by atoms with Gasteiger partial charge >= 0.3 is 12.1 Å². The average molecular weight is 589 g/mol. The number of aromatic nitrogens is 1. The topological polar surface area (TPSA) is 50.2 Å². The van der Waals surface area contributed by atoms with Crippen LogP contribution >= 0.6 is 27.5 Å². The number of carboxylic acids is 1. The first kappa shape index (κ1) is 25.7. The Morgan fingerprint density at radius 3 is 2.59 bits per heavy atom. The van der Waals surface area contributed by atoms with Crippen molar-refractivity contribution in [2.45, 2.75) is 32.4 Å². The van der Waals surface area contributed by atoms with Gasteiger partial charge in [-0.25, -0.2) is 9.78 Å². The van der Waals surface area contributed by atoms with E-state index in [1.165, 1.54) is 18.2 Å². The van der Waals surface area contributed by atoms with Crippen LogP contribution in [-0.4, -0.2) is 22.2 Å². The number of pyridine rings is 1. The van der Waals surface area contributed by atoms with Crippen molar-refractivity contribution in [3.8, 4) is 0 Å². The van der Waals surface area contributed by atoms with E-state index in [0.29, 0.717) is 61.2 Å². The monoisotopic (exact) mass is 587 g/mol. The molecule has 1 aromatic heterocycles. The van der Waals surface area contributed by atoms with Crippen molar-refractivity contribution < 1.29 is 23.1 Å². The Balaban J connectivity index is 1.70. The Hall–Kier alpha value is -2.90. The third-order valence-corrected chi connectivity index (χ3v) is 7.78. The molecule has 0 fully saturated rings. The van der Waals surface area contributed by atoms with Gasteiger partial charge in [-0.05, 0) is 71.7 Å². The maximum atomic E-state index is 14.8. The van der Waals surface area contributed by atoms with E-state index in [0.717, 1.165) is 0 Å². The lowest BCUT2D eigenvalue weighted by Crippen LogP contribution is -2.36. The summed E-state index contributed by atoms with van der Waals surface area (Å²) in [5.41, 5.74) is 0.702. The Kier molecular flexibility index (Phi) is 6.57. The maximum Gasteiger partial charge on any atom is 0.401 e. The normalized spacial score (nSPS) is 22.7. The van der Waals surface area contributed by atoms with Crippen molar-refractivity contribution in [1.82, 2.24) is 4.98 Å². The number of carbonyl (C=O) groups is 1. The number of nitrogens with zero attached hydrogens (tertiary/aromatic N) is 1. The van der Waals surface area contributed by atoms with Gasteiger partial charge in [0.15, 0.2) is 0 Å². The van der Waals surface area contributed by atoms with Crippen LogP contribution in [0.4, 0.5) is 13.2 Å². The lowest BCUT2D eigenvalue weighted by Gasteiger charge is -2.35. The molecule has 0 radical (unpaired) electrons. The second-order valence-corrected chi connectivity index (χ2v) is 11.1. The molecule has 2 unspecified atom stereocenters. The number of hydrogen-bond donors (Lipinski definition) is 1.